The molecule has 0 unspecified atom stereocenters. The van der Waals surface area contributed by atoms with E-state index < -0.39 is 0 Å². The van der Waals surface area contributed by atoms with E-state index in [1.165, 1.54) is 24.4 Å². The first kappa shape index (κ1) is 7.54. The van der Waals surface area contributed by atoms with Crippen LogP contribution in [-0.2, 0) is 6.42 Å². The van der Waals surface area contributed by atoms with Crippen LogP contribution in [0, 0.1) is 0 Å². The van der Waals surface area contributed by atoms with Gasteiger partial charge in [0.15, 0.2) is 0 Å². The summed E-state index contributed by atoms with van der Waals surface area (Å²) in [6.07, 6.45) is 2.56. The Hall–Kier alpha value is -0.563. The molecule has 1 radical (unpaired) electrons. The van der Waals surface area contributed by atoms with E-state index >= 15 is 0 Å². The van der Waals surface area contributed by atoms with E-state index in [1.807, 2.05) is 0 Å². The molecule has 0 spiro atoms. The second-order valence-electron chi connectivity index (χ2n) is 2.44. The van der Waals surface area contributed by atoms with E-state index in [0.29, 0.717) is 0 Å². The minimum atomic E-state index is 1.24. The molecule has 0 aliphatic carbocycles. The average Bonchev–Trinajstić information content (AvgIpc) is 2.03. The molecule has 10 heavy (non-hydrogen) atoms. The van der Waals surface area contributed by atoms with E-state index in [-0.39, 0.29) is 0 Å². The predicted octanol–water partition coefficient (Wildman–Crippen LogP) is 1.67. The van der Waals surface area contributed by atoms with Gasteiger partial charge in [-0.25, -0.2) is 0 Å². The van der Waals surface area contributed by atoms with E-state index in [0.717, 1.165) is 0 Å². The highest BCUT2D eigenvalue weighted by Crippen LogP contribution is 2.02. The van der Waals surface area contributed by atoms with Crippen molar-refractivity contribution in [3.05, 3.63) is 35.9 Å². The fourth-order valence-corrected chi connectivity index (χ4v) is 1.22. The molecular formula is C9H13Si. The van der Waals surface area contributed by atoms with E-state index in [9.17, 15) is 0 Å². The van der Waals surface area contributed by atoms with E-state index in [1.54, 1.807) is 0 Å². The molecule has 0 saturated carbocycles. The van der Waals surface area contributed by atoms with E-state index in [2.05, 4.69) is 40.6 Å². The quantitative estimate of drug-likeness (QED) is 0.574. The lowest BCUT2D eigenvalue weighted by molar-refractivity contribution is 0.919. The van der Waals surface area contributed by atoms with Crippen LogP contribution in [0.4, 0.5) is 0 Å². The van der Waals surface area contributed by atoms with Crippen molar-refractivity contribution in [1.82, 2.24) is 0 Å². The zero-order chi connectivity index (χ0) is 7.23. The molecule has 0 N–H and O–H groups in total. The van der Waals surface area contributed by atoms with Gasteiger partial charge in [0.05, 0.1) is 0 Å². The van der Waals surface area contributed by atoms with Crippen molar-refractivity contribution in [3.8, 4) is 0 Å². The molecule has 0 amide bonds. The van der Waals surface area contributed by atoms with E-state index in [4.69, 9.17) is 0 Å². The molecule has 0 heterocycles. The van der Waals surface area contributed by atoms with Gasteiger partial charge in [0.2, 0.25) is 0 Å². The Morgan fingerprint density at radius 3 is 2.40 bits per heavy atom. The minimum absolute atomic E-state index is 1.24. The second-order valence-corrected chi connectivity index (χ2v) is 3.15. The summed E-state index contributed by atoms with van der Waals surface area (Å²) in [4.78, 5) is 0. The predicted molar refractivity (Wildman–Crippen MR) is 48.1 cm³/mol. The van der Waals surface area contributed by atoms with Gasteiger partial charge < -0.3 is 0 Å². The molecule has 1 rings (SSSR count). The molecule has 0 nitrogen and oxygen atoms in total. The summed E-state index contributed by atoms with van der Waals surface area (Å²) in [5, 5.41) is 0. The van der Waals surface area contributed by atoms with Crippen molar-refractivity contribution >= 4 is 10.2 Å². The highest BCUT2D eigenvalue weighted by atomic mass is 28.1. The largest absolute Gasteiger partial charge is 0.0649 e. The Morgan fingerprint density at radius 2 is 1.80 bits per heavy atom. The zero-order valence-electron chi connectivity index (χ0n) is 6.22. The van der Waals surface area contributed by atoms with Gasteiger partial charge in [0.1, 0.15) is 0 Å². The lowest BCUT2D eigenvalue weighted by Gasteiger charge is -1.96. The highest BCUT2D eigenvalue weighted by Gasteiger charge is 1.87. The Kier molecular flexibility index (Phi) is 3.23. The third-order valence-corrected chi connectivity index (χ3v) is 2.06. The lowest BCUT2D eigenvalue weighted by atomic mass is 10.1. The van der Waals surface area contributed by atoms with Crippen molar-refractivity contribution in [3.63, 3.8) is 0 Å². The smallest absolute Gasteiger partial charge is 0.00798 e. The molecule has 1 heteroatoms. The van der Waals surface area contributed by atoms with Crippen molar-refractivity contribution in [2.75, 3.05) is 0 Å². The van der Waals surface area contributed by atoms with Gasteiger partial charge in [0, 0.05) is 10.2 Å². The van der Waals surface area contributed by atoms with Crippen LogP contribution in [0.1, 0.15) is 12.0 Å². The first-order chi connectivity index (χ1) is 4.93. The van der Waals surface area contributed by atoms with Gasteiger partial charge in [-0.2, -0.15) is 0 Å². The molecule has 53 valence electrons. The molecule has 1 aromatic carbocycles. The van der Waals surface area contributed by atoms with Gasteiger partial charge in [-0.3, -0.25) is 0 Å². The monoisotopic (exact) mass is 149 g/mol. The molecule has 0 atom stereocenters. The standard InChI is InChI=1S/C9H13Si/c10-8-4-7-9-5-2-1-3-6-9/h1-3,5-6H,4,7-8,10H2. The molecular weight excluding hydrogens is 136 g/mol. The summed E-state index contributed by atoms with van der Waals surface area (Å²) in [7, 11) is 2.05. The maximum Gasteiger partial charge on any atom is 0.00798 e. The zero-order valence-corrected chi connectivity index (χ0v) is 7.63. The first-order valence-corrected chi connectivity index (χ1v) is 4.76. The van der Waals surface area contributed by atoms with Crippen LogP contribution in [0.3, 0.4) is 0 Å². The van der Waals surface area contributed by atoms with Gasteiger partial charge in [-0.15, -0.1) is 0 Å². The minimum Gasteiger partial charge on any atom is -0.0649 e. The Labute approximate surface area is 65.7 Å². The van der Waals surface area contributed by atoms with Crippen LogP contribution in [0.15, 0.2) is 30.3 Å². The lowest BCUT2D eigenvalue weighted by Crippen LogP contribution is -1.82. The number of hydrogen-bond acceptors (Lipinski definition) is 0. The SMILES string of the molecule is [SiH2]CCCc1ccccc1. The maximum absolute atomic E-state index is 2.19. The normalized spacial score (nSPS) is 9.70. The summed E-state index contributed by atoms with van der Waals surface area (Å²) in [6, 6.07) is 12.0. The summed E-state index contributed by atoms with van der Waals surface area (Å²) >= 11 is 0. The maximum atomic E-state index is 2.19. The number of rotatable bonds is 3. The second kappa shape index (κ2) is 4.28. The summed E-state index contributed by atoms with van der Waals surface area (Å²) in [6.45, 7) is 0. The molecule has 0 aliphatic rings. The molecule has 1 aromatic rings. The fraction of sp³-hybridized carbons (Fsp3) is 0.333. The summed E-state index contributed by atoms with van der Waals surface area (Å²) < 4.78 is 0. The van der Waals surface area contributed by atoms with Crippen molar-refractivity contribution < 1.29 is 0 Å². The third kappa shape index (κ3) is 2.36. The van der Waals surface area contributed by atoms with Gasteiger partial charge >= 0.3 is 0 Å². The third-order valence-electron chi connectivity index (χ3n) is 1.56. The highest BCUT2D eigenvalue weighted by molar-refractivity contribution is 6.08. The van der Waals surface area contributed by atoms with Crippen LogP contribution in [0.2, 0.25) is 6.04 Å². The van der Waals surface area contributed by atoms with Crippen LogP contribution in [0.5, 0.6) is 0 Å². The van der Waals surface area contributed by atoms with Crippen LogP contribution in [0.25, 0.3) is 0 Å². The van der Waals surface area contributed by atoms with Gasteiger partial charge in [0.25, 0.3) is 0 Å². The molecule has 0 fully saturated rings. The van der Waals surface area contributed by atoms with Crippen LogP contribution in [-0.4, -0.2) is 10.2 Å². The van der Waals surface area contributed by atoms with Crippen LogP contribution < -0.4 is 0 Å². The molecule has 0 aromatic heterocycles. The summed E-state index contributed by atoms with van der Waals surface area (Å²) in [5.74, 6) is 0. The van der Waals surface area contributed by atoms with Crippen LogP contribution >= 0.6 is 0 Å². The number of hydrogen-bond donors (Lipinski definition) is 0. The molecule has 0 aliphatic heterocycles. The fourth-order valence-electron chi connectivity index (χ4n) is 0.974. The topological polar surface area (TPSA) is 0 Å². The number of benzene rings is 1. The number of aryl methyl sites for hydroxylation is 1. The molecule has 0 saturated heterocycles. The van der Waals surface area contributed by atoms with Gasteiger partial charge in [-0.05, 0) is 12.0 Å². The van der Waals surface area contributed by atoms with Crippen molar-refractivity contribution in [1.29, 1.82) is 0 Å². The Bertz CT molecular complexity index is 169. The Morgan fingerprint density at radius 1 is 1.10 bits per heavy atom. The average molecular weight is 149 g/mol. The molecule has 0 bridgehead atoms. The van der Waals surface area contributed by atoms with Crippen molar-refractivity contribution in [2.24, 2.45) is 0 Å². The first-order valence-electron chi connectivity index (χ1n) is 3.76. The van der Waals surface area contributed by atoms with Crippen molar-refractivity contribution in [2.45, 2.75) is 18.9 Å². The Balaban J connectivity index is 2.43. The van der Waals surface area contributed by atoms with Gasteiger partial charge in [-0.1, -0.05) is 42.8 Å². The summed E-state index contributed by atoms with van der Waals surface area (Å²) in [5.41, 5.74) is 1.47.